The summed E-state index contributed by atoms with van der Waals surface area (Å²) in [6.45, 7) is 1.92. The quantitative estimate of drug-likeness (QED) is 0.675. The van der Waals surface area contributed by atoms with E-state index in [0.717, 1.165) is 27.0 Å². The third kappa shape index (κ3) is 2.78. The molecule has 0 aliphatic carbocycles. The minimum Gasteiger partial charge on any atom is -0.497 e. The van der Waals surface area contributed by atoms with E-state index in [1.165, 1.54) is 0 Å². The highest BCUT2D eigenvalue weighted by Gasteiger charge is 2.43. The summed E-state index contributed by atoms with van der Waals surface area (Å²) < 4.78 is 11.9. The van der Waals surface area contributed by atoms with E-state index < -0.39 is 0 Å². The maximum Gasteiger partial charge on any atom is 0.280 e. The van der Waals surface area contributed by atoms with E-state index in [-0.39, 0.29) is 11.9 Å². The smallest absolute Gasteiger partial charge is 0.280 e. The van der Waals surface area contributed by atoms with Crippen molar-refractivity contribution in [2.45, 2.75) is 13.0 Å². The Labute approximate surface area is 165 Å². The van der Waals surface area contributed by atoms with Gasteiger partial charge in [0.25, 0.3) is 5.91 Å². The number of nitrogens with zero attached hydrogens (tertiary/aromatic N) is 2. The van der Waals surface area contributed by atoms with Crippen molar-refractivity contribution in [3.63, 3.8) is 0 Å². The van der Waals surface area contributed by atoms with Crippen LogP contribution >= 0.6 is 15.9 Å². The lowest BCUT2D eigenvalue weighted by atomic mass is 9.97. The summed E-state index contributed by atoms with van der Waals surface area (Å²) in [5.41, 5.74) is 3.84. The molecular weight excluding hydrogens is 410 g/mol. The molecule has 0 bridgehead atoms. The molecule has 7 heteroatoms. The molecule has 2 aromatic carbocycles. The highest BCUT2D eigenvalue weighted by atomic mass is 79.9. The van der Waals surface area contributed by atoms with Crippen LogP contribution in [0.3, 0.4) is 0 Å². The highest BCUT2D eigenvalue weighted by Crippen LogP contribution is 2.45. The van der Waals surface area contributed by atoms with Crippen molar-refractivity contribution in [3.8, 4) is 11.5 Å². The molecule has 0 saturated carbocycles. The highest BCUT2D eigenvalue weighted by molar-refractivity contribution is 9.10. The van der Waals surface area contributed by atoms with Gasteiger partial charge in [-0.2, -0.15) is 5.10 Å². The van der Waals surface area contributed by atoms with Crippen LogP contribution < -0.4 is 14.4 Å². The predicted octanol–water partition coefficient (Wildman–Crippen LogP) is 4.25. The number of hydrogen-bond acceptors (Lipinski definition) is 4. The Morgan fingerprint density at radius 2 is 1.85 bits per heavy atom. The standard InChI is InChI=1S/C20H18BrN3O3/c1-11-17-18(23-22-11)20(25)24(13-6-4-12(21)5-7-13)19(17)15-9-8-14(26-2)10-16(15)27-3/h4-10,19H,1-3H3,(H,22,23). The number of fused-ring (bicyclic) bond motifs is 1. The summed E-state index contributed by atoms with van der Waals surface area (Å²) in [4.78, 5) is 14.9. The maximum absolute atomic E-state index is 13.2. The lowest BCUT2D eigenvalue weighted by Crippen LogP contribution is -2.29. The Hall–Kier alpha value is -2.80. The molecule has 1 aliphatic heterocycles. The Morgan fingerprint density at radius 3 is 2.52 bits per heavy atom. The van der Waals surface area contributed by atoms with E-state index in [4.69, 9.17) is 9.47 Å². The van der Waals surface area contributed by atoms with Gasteiger partial charge in [0, 0.05) is 33.0 Å². The largest absolute Gasteiger partial charge is 0.497 e. The number of hydrogen-bond donors (Lipinski definition) is 1. The van der Waals surface area contributed by atoms with Crippen molar-refractivity contribution >= 4 is 27.5 Å². The van der Waals surface area contributed by atoms with Crippen LogP contribution in [0.2, 0.25) is 0 Å². The van der Waals surface area contributed by atoms with Gasteiger partial charge in [0.2, 0.25) is 0 Å². The van der Waals surface area contributed by atoms with Crippen LogP contribution in [0.15, 0.2) is 46.9 Å². The summed E-state index contributed by atoms with van der Waals surface area (Å²) in [7, 11) is 3.22. The summed E-state index contributed by atoms with van der Waals surface area (Å²) in [6, 6.07) is 13.0. The molecule has 1 unspecified atom stereocenters. The van der Waals surface area contributed by atoms with Crippen molar-refractivity contribution in [2.24, 2.45) is 0 Å². The zero-order chi connectivity index (χ0) is 19.1. The zero-order valence-corrected chi connectivity index (χ0v) is 16.7. The summed E-state index contributed by atoms with van der Waals surface area (Å²) in [5, 5.41) is 7.18. The average Bonchev–Trinajstić information content (AvgIpc) is 3.20. The van der Waals surface area contributed by atoms with Crippen LogP contribution in [-0.4, -0.2) is 30.3 Å². The summed E-state index contributed by atoms with van der Waals surface area (Å²) in [5.74, 6) is 1.21. The normalized spacial score (nSPS) is 15.8. The van der Waals surface area contributed by atoms with Gasteiger partial charge >= 0.3 is 0 Å². The lowest BCUT2D eigenvalue weighted by molar-refractivity contribution is 0.0988. The molecule has 0 fully saturated rings. The molecule has 4 rings (SSSR count). The molecule has 2 heterocycles. The van der Waals surface area contributed by atoms with Gasteiger partial charge in [-0.05, 0) is 43.3 Å². The van der Waals surface area contributed by atoms with Crippen molar-refractivity contribution in [2.75, 3.05) is 19.1 Å². The first-order chi connectivity index (χ1) is 13.0. The van der Waals surface area contributed by atoms with Gasteiger partial charge in [0.15, 0.2) is 5.69 Å². The molecule has 1 aliphatic rings. The third-order valence-corrected chi connectivity index (χ3v) is 5.32. The number of ether oxygens (including phenoxy) is 2. The van der Waals surface area contributed by atoms with Crippen LogP contribution in [0.25, 0.3) is 0 Å². The summed E-state index contributed by atoms with van der Waals surface area (Å²) in [6.07, 6.45) is 0. The van der Waals surface area contributed by atoms with Crippen molar-refractivity contribution in [3.05, 3.63) is 69.5 Å². The summed E-state index contributed by atoms with van der Waals surface area (Å²) >= 11 is 3.45. The first kappa shape index (κ1) is 17.6. The molecular formula is C20H18BrN3O3. The Morgan fingerprint density at radius 1 is 1.11 bits per heavy atom. The molecule has 3 aromatic rings. The van der Waals surface area contributed by atoms with Gasteiger partial charge in [-0.25, -0.2) is 0 Å². The molecule has 0 radical (unpaired) electrons. The third-order valence-electron chi connectivity index (χ3n) is 4.79. The van der Waals surface area contributed by atoms with Gasteiger partial charge in [-0.3, -0.25) is 14.8 Å². The Bertz CT molecular complexity index is 1010. The molecule has 6 nitrogen and oxygen atoms in total. The number of aryl methyl sites for hydroxylation is 1. The number of methoxy groups -OCH3 is 2. The number of nitrogens with one attached hydrogen (secondary N) is 1. The number of anilines is 1. The van der Waals surface area contributed by atoms with E-state index in [1.54, 1.807) is 19.1 Å². The number of amides is 1. The number of H-pyrrole nitrogens is 1. The second kappa shape index (κ2) is 6.74. The van der Waals surface area contributed by atoms with E-state index in [0.29, 0.717) is 17.2 Å². The van der Waals surface area contributed by atoms with Crippen molar-refractivity contribution in [1.82, 2.24) is 10.2 Å². The fraction of sp³-hybridized carbons (Fsp3) is 0.200. The van der Waals surface area contributed by atoms with Gasteiger partial charge in [-0.1, -0.05) is 15.9 Å². The predicted molar refractivity (Wildman–Crippen MR) is 106 cm³/mol. The van der Waals surface area contributed by atoms with E-state index in [2.05, 4.69) is 26.1 Å². The van der Waals surface area contributed by atoms with E-state index in [9.17, 15) is 4.79 Å². The number of carbonyl (C=O) groups excluding carboxylic acids is 1. The topological polar surface area (TPSA) is 67.5 Å². The number of benzene rings is 2. The van der Waals surface area contributed by atoms with Gasteiger partial charge in [0.1, 0.15) is 11.5 Å². The fourth-order valence-electron chi connectivity index (χ4n) is 3.50. The minimum atomic E-state index is -0.340. The second-order valence-corrected chi connectivity index (χ2v) is 7.19. The van der Waals surface area contributed by atoms with E-state index >= 15 is 0 Å². The first-order valence-corrected chi connectivity index (χ1v) is 9.20. The number of rotatable bonds is 4. The zero-order valence-electron chi connectivity index (χ0n) is 15.1. The SMILES string of the molecule is COc1ccc(C2c3c(n[nH]c3C)C(=O)N2c2ccc(Br)cc2)c(OC)c1. The van der Waals surface area contributed by atoms with Crippen LogP contribution in [0, 0.1) is 6.92 Å². The fourth-order valence-corrected chi connectivity index (χ4v) is 3.77. The molecule has 0 saturated heterocycles. The monoisotopic (exact) mass is 427 g/mol. The molecule has 27 heavy (non-hydrogen) atoms. The van der Waals surface area contributed by atoms with Crippen LogP contribution in [-0.2, 0) is 0 Å². The van der Waals surface area contributed by atoms with E-state index in [1.807, 2.05) is 49.4 Å². The van der Waals surface area contributed by atoms with Crippen molar-refractivity contribution < 1.29 is 14.3 Å². The minimum absolute atomic E-state index is 0.139. The lowest BCUT2D eigenvalue weighted by Gasteiger charge is -2.27. The second-order valence-electron chi connectivity index (χ2n) is 6.27. The molecule has 1 aromatic heterocycles. The number of carbonyl (C=O) groups is 1. The number of halogens is 1. The first-order valence-electron chi connectivity index (χ1n) is 8.41. The van der Waals surface area contributed by atoms with Crippen LogP contribution in [0.5, 0.6) is 11.5 Å². The molecule has 1 atom stereocenters. The van der Waals surface area contributed by atoms with Gasteiger partial charge in [-0.15, -0.1) is 0 Å². The molecule has 1 amide bonds. The number of aromatic amines is 1. The Kier molecular flexibility index (Phi) is 4.39. The van der Waals surface area contributed by atoms with Crippen LogP contribution in [0.4, 0.5) is 5.69 Å². The van der Waals surface area contributed by atoms with Crippen LogP contribution in [0.1, 0.15) is 33.4 Å². The molecule has 0 spiro atoms. The Balaban J connectivity index is 1.92. The molecule has 138 valence electrons. The molecule has 1 N–H and O–H groups in total. The van der Waals surface area contributed by atoms with Crippen molar-refractivity contribution in [1.29, 1.82) is 0 Å². The average molecular weight is 428 g/mol. The number of aromatic nitrogens is 2. The van der Waals surface area contributed by atoms with Gasteiger partial charge in [0.05, 0.1) is 20.3 Å². The van der Waals surface area contributed by atoms with Gasteiger partial charge < -0.3 is 9.47 Å². The maximum atomic E-state index is 13.2.